The molecule has 0 unspecified atom stereocenters. The number of phenols is 1. The maximum absolute atomic E-state index is 9.46. The minimum Gasteiger partial charge on any atom is -0.508 e. The first kappa shape index (κ1) is 18.0. The van der Waals surface area contributed by atoms with Crippen molar-refractivity contribution in [2.75, 3.05) is 31.1 Å². The molecule has 0 bridgehead atoms. The van der Waals surface area contributed by atoms with Crippen molar-refractivity contribution >= 4 is 17.4 Å². The Morgan fingerprint density at radius 1 is 0.741 bits per heavy atom. The van der Waals surface area contributed by atoms with Crippen molar-refractivity contribution in [3.8, 4) is 5.75 Å². The van der Waals surface area contributed by atoms with Crippen LogP contribution >= 0.6 is 11.8 Å². The van der Waals surface area contributed by atoms with E-state index in [0.29, 0.717) is 5.75 Å². The molecule has 0 atom stereocenters. The van der Waals surface area contributed by atoms with Crippen LogP contribution in [0.5, 0.6) is 5.75 Å². The molecule has 1 saturated heterocycles. The summed E-state index contributed by atoms with van der Waals surface area (Å²) in [4.78, 5) is 7.54. The first-order chi connectivity index (χ1) is 13.3. The number of anilines is 1. The molecular weight excluding hydrogens is 352 g/mol. The molecular formula is C23H24N2OS. The van der Waals surface area contributed by atoms with E-state index >= 15 is 0 Å². The van der Waals surface area contributed by atoms with Crippen LogP contribution in [0.25, 0.3) is 0 Å². The predicted molar refractivity (Wildman–Crippen MR) is 113 cm³/mol. The Morgan fingerprint density at radius 2 is 1.41 bits per heavy atom. The fourth-order valence-electron chi connectivity index (χ4n) is 3.42. The smallest absolute Gasteiger partial charge is 0.115 e. The van der Waals surface area contributed by atoms with Gasteiger partial charge < -0.3 is 10.0 Å². The molecule has 3 nitrogen and oxygen atoms in total. The molecule has 27 heavy (non-hydrogen) atoms. The largest absolute Gasteiger partial charge is 0.508 e. The van der Waals surface area contributed by atoms with Gasteiger partial charge in [-0.05, 0) is 48.0 Å². The number of benzene rings is 3. The first-order valence-electron chi connectivity index (χ1n) is 9.35. The Bertz CT molecular complexity index is 859. The number of aromatic hydroxyl groups is 1. The number of nitrogens with zero attached hydrogens (tertiary/aromatic N) is 2. The van der Waals surface area contributed by atoms with Crippen LogP contribution in [0.15, 0.2) is 88.7 Å². The number of hydrogen-bond donors (Lipinski definition) is 1. The normalized spacial score (nSPS) is 15.0. The highest BCUT2D eigenvalue weighted by Crippen LogP contribution is 2.31. The van der Waals surface area contributed by atoms with Crippen molar-refractivity contribution in [1.29, 1.82) is 0 Å². The average Bonchev–Trinajstić information content (AvgIpc) is 2.72. The lowest BCUT2D eigenvalue weighted by molar-refractivity contribution is 0.248. The third-order valence-electron chi connectivity index (χ3n) is 4.92. The van der Waals surface area contributed by atoms with Crippen LogP contribution in [0.2, 0.25) is 0 Å². The maximum Gasteiger partial charge on any atom is 0.115 e. The van der Waals surface area contributed by atoms with E-state index < -0.39 is 0 Å². The molecule has 138 valence electrons. The highest BCUT2D eigenvalue weighted by atomic mass is 32.2. The van der Waals surface area contributed by atoms with E-state index in [2.05, 4.69) is 64.4 Å². The van der Waals surface area contributed by atoms with Gasteiger partial charge in [-0.3, -0.25) is 4.90 Å². The van der Waals surface area contributed by atoms with Gasteiger partial charge >= 0.3 is 0 Å². The number of phenolic OH excluding ortho intramolecular Hbond substituents is 1. The number of rotatable bonds is 5. The second kappa shape index (κ2) is 8.51. The summed E-state index contributed by atoms with van der Waals surface area (Å²) in [6.45, 7) is 5.10. The predicted octanol–water partition coefficient (Wildman–Crippen LogP) is 4.87. The molecule has 0 saturated carbocycles. The van der Waals surface area contributed by atoms with Crippen LogP contribution < -0.4 is 4.90 Å². The fourth-order valence-corrected chi connectivity index (χ4v) is 4.38. The molecule has 0 aromatic heterocycles. The Hall–Kier alpha value is -2.43. The van der Waals surface area contributed by atoms with Crippen molar-refractivity contribution in [3.63, 3.8) is 0 Å². The molecule has 0 radical (unpaired) electrons. The molecule has 1 N–H and O–H groups in total. The van der Waals surface area contributed by atoms with Gasteiger partial charge in [0.25, 0.3) is 0 Å². The lowest BCUT2D eigenvalue weighted by Crippen LogP contribution is -2.46. The molecule has 0 aliphatic carbocycles. The van der Waals surface area contributed by atoms with Crippen LogP contribution in [0, 0.1) is 0 Å². The molecule has 1 aliphatic heterocycles. The maximum atomic E-state index is 9.46. The van der Waals surface area contributed by atoms with E-state index in [1.807, 2.05) is 23.9 Å². The summed E-state index contributed by atoms with van der Waals surface area (Å²) in [7, 11) is 0. The number of piperazine rings is 1. The van der Waals surface area contributed by atoms with Crippen molar-refractivity contribution in [3.05, 3.63) is 84.4 Å². The summed E-state index contributed by atoms with van der Waals surface area (Å²) in [5.74, 6) is 0.324. The zero-order valence-electron chi connectivity index (χ0n) is 15.3. The minimum absolute atomic E-state index is 0.324. The summed E-state index contributed by atoms with van der Waals surface area (Å²) in [6.07, 6.45) is 0. The summed E-state index contributed by atoms with van der Waals surface area (Å²) < 4.78 is 0. The quantitative estimate of drug-likeness (QED) is 0.687. The van der Waals surface area contributed by atoms with Gasteiger partial charge in [-0.15, -0.1) is 0 Å². The van der Waals surface area contributed by atoms with Crippen molar-refractivity contribution in [1.82, 2.24) is 4.90 Å². The van der Waals surface area contributed by atoms with Gasteiger partial charge in [-0.2, -0.15) is 0 Å². The Balaban J connectivity index is 1.38. The van der Waals surface area contributed by atoms with Crippen LogP contribution in [-0.4, -0.2) is 36.2 Å². The van der Waals surface area contributed by atoms with Crippen molar-refractivity contribution < 1.29 is 5.11 Å². The number of hydrogen-bond acceptors (Lipinski definition) is 4. The molecule has 0 spiro atoms. The molecule has 4 heteroatoms. The SMILES string of the molecule is Oc1ccc(N2CCN(Cc3ccccc3Sc3ccccc3)CC2)cc1. The molecule has 1 heterocycles. The van der Waals surface area contributed by atoms with Gasteiger partial charge in [0.2, 0.25) is 0 Å². The van der Waals surface area contributed by atoms with Crippen molar-refractivity contribution in [2.24, 2.45) is 0 Å². The molecule has 0 amide bonds. The monoisotopic (exact) mass is 376 g/mol. The highest BCUT2D eigenvalue weighted by molar-refractivity contribution is 7.99. The third-order valence-corrected chi connectivity index (χ3v) is 6.05. The standard InChI is InChI=1S/C23H24N2OS/c26-21-12-10-20(11-13-21)25-16-14-24(15-17-25)18-19-6-4-5-9-23(19)27-22-7-2-1-3-8-22/h1-13,26H,14-18H2. The summed E-state index contributed by atoms with van der Waals surface area (Å²) in [5.41, 5.74) is 2.58. The van der Waals surface area contributed by atoms with Gasteiger partial charge in [0.1, 0.15) is 5.75 Å². The van der Waals surface area contributed by atoms with Crippen LogP contribution in [0.1, 0.15) is 5.56 Å². The van der Waals surface area contributed by atoms with Crippen LogP contribution in [-0.2, 0) is 6.54 Å². The molecule has 3 aromatic rings. The molecule has 3 aromatic carbocycles. The van der Waals surface area contributed by atoms with E-state index in [1.165, 1.54) is 21.0 Å². The lowest BCUT2D eigenvalue weighted by Gasteiger charge is -2.36. The molecule has 4 rings (SSSR count). The Labute approximate surface area is 165 Å². The van der Waals surface area contributed by atoms with E-state index in [-0.39, 0.29) is 0 Å². The molecule has 1 fully saturated rings. The minimum atomic E-state index is 0.324. The third kappa shape index (κ3) is 4.65. The topological polar surface area (TPSA) is 26.7 Å². The van der Waals surface area contributed by atoms with Crippen LogP contribution in [0.4, 0.5) is 5.69 Å². The molecule has 1 aliphatic rings. The van der Waals surface area contributed by atoms with E-state index in [9.17, 15) is 5.11 Å². The van der Waals surface area contributed by atoms with Gasteiger partial charge in [0.05, 0.1) is 0 Å². The average molecular weight is 377 g/mol. The van der Waals surface area contributed by atoms with Gasteiger partial charge in [-0.25, -0.2) is 0 Å². The second-order valence-electron chi connectivity index (χ2n) is 6.80. The Morgan fingerprint density at radius 3 is 2.15 bits per heavy atom. The summed E-state index contributed by atoms with van der Waals surface area (Å²) in [5, 5.41) is 9.46. The van der Waals surface area contributed by atoms with E-state index in [0.717, 1.165) is 32.7 Å². The Kier molecular flexibility index (Phi) is 5.66. The zero-order chi connectivity index (χ0) is 18.5. The van der Waals surface area contributed by atoms with E-state index in [1.54, 1.807) is 12.1 Å². The lowest BCUT2D eigenvalue weighted by atomic mass is 10.2. The zero-order valence-corrected chi connectivity index (χ0v) is 16.1. The van der Waals surface area contributed by atoms with Gasteiger partial charge in [0, 0.05) is 48.2 Å². The van der Waals surface area contributed by atoms with Crippen molar-refractivity contribution in [2.45, 2.75) is 16.3 Å². The van der Waals surface area contributed by atoms with Gasteiger partial charge in [-0.1, -0.05) is 48.2 Å². The summed E-state index contributed by atoms with van der Waals surface area (Å²) >= 11 is 1.84. The van der Waals surface area contributed by atoms with Gasteiger partial charge in [0.15, 0.2) is 0 Å². The van der Waals surface area contributed by atoms with E-state index in [4.69, 9.17) is 0 Å². The highest BCUT2D eigenvalue weighted by Gasteiger charge is 2.18. The van der Waals surface area contributed by atoms with Crippen LogP contribution in [0.3, 0.4) is 0 Å². The second-order valence-corrected chi connectivity index (χ2v) is 7.92. The fraction of sp³-hybridized carbons (Fsp3) is 0.217. The first-order valence-corrected chi connectivity index (χ1v) is 10.2. The summed E-state index contributed by atoms with van der Waals surface area (Å²) in [6, 6.07) is 26.8.